The van der Waals surface area contributed by atoms with Crippen molar-refractivity contribution in [1.29, 1.82) is 0 Å². The van der Waals surface area contributed by atoms with E-state index in [2.05, 4.69) is 25.9 Å². The van der Waals surface area contributed by atoms with E-state index in [1.807, 2.05) is 30.3 Å². The van der Waals surface area contributed by atoms with E-state index < -0.39 is 0 Å². The van der Waals surface area contributed by atoms with Crippen LogP contribution in [0.4, 0.5) is 5.82 Å². The lowest BCUT2D eigenvalue weighted by molar-refractivity contribution is -0.121. The molecule has 1 aliphatic rings. The molecule has 1 aliphatic heterocycles. The number of guanidine groups is 1. The molecule has 3 rings (SSSR count). The molecule has 1 atom stereocenters. The zero-order valence-electron chi connectivity index (χ0n) is 16.5. The fourth-order valence-electron chi connectivity index (χ4n) is 3.05. The maximum Gasteiger partial charge on any atom is 0.293 e. The van der Waals surface area contributed by atoms with Crippen molar-refractivity contribution < 1.29 is 4.79 Å². The van der Waals surface area contributed by atoms with Gasteiger partial charge in [0.2, 0.25) is 5.91 Å². The first-order chi connectivity index (χ1) is 14.0. The summed E-state index contributed by atoms with van der Waals surface area (Å²) in [6.45, 7) is 4.01. The third kappa shape index (κ3) is 5.81. The number of hydrogen-bond acceptors (Lipinski definition) is 7. The number of aliphatic imine (C=N–C) groups is 1. The molecule has 9 nitrogen and oxygen atoms in total. The number of nitrogens with one attached hydrogen (secondary N) is 3. The molecule has 0 fully saturated rings. The normalized spacial score (nSPS) is 15.9. The van der Waals surface area contributed by atoms with E-state index >= 15 is 0 Å². The third-order valence-corrected chi connectivity index (χ3v) is 4.78. The van der Waals surface area contributed by atoms with E-state index in [-0.39, 0.29) is 29.7 Å². The summed E-state index contributed by atoms with van der Waals surface area (Å²) in [7, 11) is 0. The summed E-state index contributed by atoms with van der Waals surface area (Å²) < 4.78 is 1.43. The van der Waals surface area contributed by atoms with Crippen LogP contribution in [0.25, 0.3) is 0 Å². The van der Waals surface area contributed by atoms with Crippen molar-refractivity contribution in [1.82, 2.24) is 20.2 Å². The number of nitrogens with zero attached hydrogens (tertiary/aromatic N) is 3. The number of aryl methyl sites for hydroxylation is 1. The maximum absolute atomic E-state index is 12.7. The standard InChI is InChI=1S/C20H27N7O2/c1-14-9-24-18(22-8-7-15-5-3-2-4-6-15)19(29)27(14)13-17(28)23-10-16-11-25-20(21)26-12-16/h2-6,9,16H,7-8,10-13H2,1H3,(H,22,24)(H,23,28)(H3,21,25,26). The Bertz CT molecular complexity index is 924. The lowest BCUT2D eigenvalue weighted by atomic mass is 10.1. The number of amides is 1. The summed E-state index contributed by atoms with van der Waals surface area (Å²) in [5.41, 5.74) is 7.08. The lowest BCUT2D eigenvalue weighted by Crippen LogP contribution is -2.45. The van der Waals surface area contributed by atoms with E-state index in [9.17, 15) is 9.59 Å². The molecular weight excluding hydrogens is 370 g/mol. The highest BCUT2D eigenvalue weighted by atomic mass is 16.2. The van der Waals surface area contributed by atoms with Gasteiger partial charge in [-0.15, -0.1) is 0 Å². The number of anilines is 1. The van der Waals surface area contributed by atoms with Crippen LogP contribution in [0.5, 0.6) is 0 Å². The van der Waals surface area contributed by atoms with E-state index in [1.165, 1.54) is 10.1 Å². The molecule has 9 heteroatoms. The van der Waals surface area contributed by atoms with Gasteiger partial charge in [0.1, 0.15) is 6.54 Å². The summed E-state index contributed by atoms with van der Waals surface area (Å²) in [4.78, 5) is 33.4. The highest BCUT2D eigenvalue weighted by Crippen LogP contribution is 2.03. The number of rotatable bonds is 8. The Hall–Kier alpha value is -3.36. The average Bonchev–Trinajstić information content (AvgIpc) is 2.73. The van der Waals surface area contributed by atoms with Crippen molar-refractivity contribution in [2.75, 3.05) is 31.5 Å². The number of hydrogen-bond donors (Lipinski definition) is 4. The molecule has 2 aromatic rings. The number of carbonyl (C=O) groups excluding carboxylic acids is 1. The first-order valence-corrected chi connectivity index (χ1v) is 9.67. The number of benzene rings is 1. The van der Waals surface area contributed by atoms with Crippen LogP contribution in [-0.2, 0) is 17.8 Å². The second-order valence-electron chi connectivity index (χ2n) is 7.08. The van der Waals surface area contributed by atoms with Gasteiger partial charge in [0.25, 0.3) is 5.56 Å². The van der Waals surface area contributed by atoms with Gasteiger partial charge in [0.15, 0.2) is 11.8 Å². The van der Waals surface area contributed by atoms with Crippen molar-refractivity contribution >= 4 is 17.7 Å². The monoisotopic (exact) mass is 397 g/mol. The van der Waals surface area contributed by atoms with Gasteiger partial charge in [-0.25, -0.2) is 4.98 Å². The van der Waals surface area contributed by atoms with E-state index in [0.717, 1.165) is 6.42 Å². The van der Waals surface area contributed by atoms with E-state index in [4.69, 9.17) is 5.73 Å². The lowest BCUT2D eigenvalue weighted by Gasteiger charge is -2.21. The highest BCUT2D eigenvalue weighted by molar-refractivity contribution is 5.78. The minimum absolute atomic E-state index is 0.0495. The summed E-state index contributed by atoms with van der Waals surface area (Å²) in [5.74, 6) is 0.635. The van der Waals surface area contributed by atoms with Gasteiger partial charge < -0.3 is 21.7 Å². The van der Waals surface area contributed by atoms with Gasteiger partial charge in [0, 0.05) is 44.0 Å². The van der Waals surface area contributed by atoms with Crippen LogP contribution in [0.15, 0.2) is 46.3 Å². The summed E-state index contributed by atoms with van der Waals surface area (Å²) in [6.07, 6.45) is 2.38. The Morgan fingerprint density at radius 2 is 2.14 bits per heavy atom. The topological polar surface area (TPSA) is 126 Å². The fourth-order valence-corrected chi connectivity index (χ4v) is 3.05. The van der Waals surface area contributed by atoms with Crippen molar-refractivity contribution in [2.24, 2.45) is 16.6 Å². The van der Waals surface area contributed by atoms with Crippen LogP contribution in [-0.4, -0.2) is 47.6 Å². The van der Waals surface area contributed by atoms with Crippen molar-refractivity contribution in [3.05, 3.63) is 58.1 Å². The molecule has 1 aromatic heterocycles. The van der Waals surface area contributed by atoms with Crippen LogP contribution in [0, 0.1) is 12.8 Å². The number of nitrogens with two attached hydrogens (primary N) is 1. The fraction of sp³-hybridized carbons (Fsp3) is 0.400. The van der Waals surface area contributed by atoms with E-state index in [1.54, 1.807) is 13.1 Å². The molecular formula is C20H27N7O2. The number of carbonyl (C=O) groups is 1. The zero-order chi connectivity index (χ0) is 20.6. The Morgan fingerprint density at radius 1 is 1.34 bits per heavy atom. The molecule has 5 N–H and O–H groups in total. The highest BCUT2D eigenvalue weighted by Gasteiger charge is 2.16. The van der Waals surface area contributed by atoms with Crippen LogP contribution in [0.3, 0.4) is 0 Å². The molecule has 29 heavy (non-hydrogen) atoms. The SMILES string of the molecule is Cc1cnc(NCCc2ccccc2)c(=O)n1CC(=O)NC[C@H]1CN=C(N)NC1. The molecule has 0 radical (unpaired) electrons. The second kappa shape index (κ2) is 9.72. The third-order valence-electron chi connectivity index (χ3n) is 4.78. The largest absolute Gasteiger partial charge is 0.370 e. The van der Waals surface area contributed by atoms with Crippen molar-refractivity contribution in [3.8, 4) is 0 Å². The Morgan fingerprint density at radius 3 is 2.86 bits per heavy atom. The summed E-state index contributed by atoms with van der Waals surface area (Å²) >= 11 is 0. The smallest absolute Gasteiger partial charge is 0.293 e. The molecule has 0 saturated carbocycles. The molecule has 1 aromatic carbocycles. The molecule has 1 amide bonds. The summed E-state index contributed by atoms with van der Waals surface area (Å²) in [5, 5.41) is 8.91. The molecule has 0 aliphatic carbocycles. The van der Waals surface area contributed by atoms with Gasteiger partial charge in [-0.2, -0.15) is 0 Å². The number of aromatic nitrogens is 2. The van der Waals surface area contributed by atoms with Crippen LogP contribution in [0.2, 0.25) is 0 Å². The predicted octanol–water partition coefficient (Wildman–Crippen LogP) is -0.143. The minimum Gasteiger partial charge on any atom is -0.370 e. The Kier molecular flexibility index (Phi) is 6.83. The van der Waals surface area contributed by atoms with Gasteiger partial charge >= 0.3 is 0 Å². The zero-order valence-corrected chi connectivity index (χ0v) is 16.5. The van der Waals surface area contributed by atoms with Gasteiger partial charge in [-0.3, -0.25) is 19.1 Å². The predicted molar refractivity (Wildman–Crippen MR) is 113 cm³/mol. The maximum atomic E-state index is 12.7. The Labute approximate surface area is 169 Å². The second-order valence-corrected chi connectivity index (χ2v) is 7.08. The summed E-state index contributed by atoms with van der Waals surface area (Å²) in [6, 6.07) is 10.0. The molecule has 0 bridgehead atoms. The van der Waals surface area contributed by atoms with Gasteiger partial charge in [0.05, 0.1) is 0 Å². The molecule has 0 spiro atoms. The first kappa shape index (κ1) is 20.4. The van der Waals surface area contributed by atoms with Crippen LogP contribution < -0.4 is 27.2 Å². The first-order valence-electron chi connectivity index (χ1n) is 9.67. The average molecular weight is 397 g/mol. The molecule has 0 saturated heterocycles. The molecule has 2 heterocycles. The van der Waals surface area contributed by atoms with Gasteiger partial charge in [-0.05, 0) is 18.9 Å². The molecule has 0 unspecified atom stereocenters. The minimum atomic E-state index is -0.301. The van der Waals surface area contributed by atoms with Crippen molar-refractivity contribution in [2.45, 2.75) is 19.9 Å². The van der Waals surface area contributed by atoms with Crippen molar-refractivity contribution in [3.63, 3.8) is 0 Å². The van der Waals surface area contributed by atoms with Gasteiger partial charge in [-0.1, -0.05) is 30.3 Å². The van der Waals surface area contributed by atoms with Crippen LogP contribution in [0.1, 0.15) is 11.3 Å². The molecule has 154 valence electrons. The Balaban J connectivity index is 1.55. The van der Waals surface area contributed by atoms with E-state index in [0.29, 0.717) is 37.8 Å². The van der Waals surface area contributed by atoms with Crippen LogP contribution >= 0.6 is 0 Å². The quantitative estimate of drug-likeness (QED) is 0.491.